The van der Waals surface area contributed by atoms with Crippen molar-refractivity contribution in [2.45, 2.75) is 41.5 Å². The summed E-state index contributed by atoms with van der Waals surface area (Å²) in [5.74, 6) is -0.865. The van der Waals surface area contributed by atoms with E-state index in [1.807, 2.05) is 18.2 Å². The van der Waals surface area contributed by atoms with Gasteiger partial charge < -0.3 is 14.6 Å². The molecule has 0 amide bonds. The molecule has 27 heavy (non-hydrogen) atoms. The van der Waals surface area contributed by atoms with Gasteiger partial charge in [0.2, 0.25) is 5.88 Å². The topological polar surface area (TPSA) is 103 Å². The maximum atomic E-state index is 11.3. The lowest BCUT2D eigenvalue weighted by Gasteiger charge is -2.20. The third-order valence-electron chi connectivity index (χ3n) is 3.17. The van der Waals surface area contributed by atoms with Gasteiger partial charge in [-0.25, -0.2) is 9.78 Å². The van der Waals surface area contributed by atoms with Crippen LogP contribution in [0.1, 0.15) is 41.5 Å². The minimum absolute atomic E-state index is 0.0937. The van der Waals surface area contributed by atoms with Crippen molar-refractivity contribution in [3.05, 3.63) is 36.4 Å². The second kappa shape index (κ2) is 8.62. The number of carbonyl (C=O) groups excluding carboxylic acids is 2. The Labute approximate surface area is 158 Å². The van der Waals surface area contributed by atoms with Gasteiger partial charge in [0.05, 0.1) is 16.3 Å². The van der Waals surface area contributed by atoms with Crippen LogP contribution in [-0.2, 0) is 14.3 Å². The molecule has 0 aliphatic carbocycles. The van der Waals surface area contributed by atoms with E-state index in [2.05, 4.69) is 9.72 Å². The standard InChI is InChI=1S/C10H7NO3.C10H18O3/c12-10(13)14-9-6-5-7-3-1-2-4-8(7)11-9;1-9(2,3)7(11)13-8(12)10(4,5)6/h1-6H,(H,12,13);1-6H3. The van der Waals surface area contributed by atoms with E-state index >= 15 is 0 Å². The molecule has 0 saturated heterocycles. The highest BCUT2D eigenvalue weighted by Gasteiger charge is 2.31. The van der Waals surface area contributed by atoms with Gasteiger partial charge in [0.25, 0.3) is 0 Å². The maximum Gasteiger partial charge on any atom is 0.512 e. The van der Waals surface area contributed by atoms with Crippen LogP contribution in [0.15, 0.2) is 36.4 Å². The molecule has 1 aromatic carbocycles. The van der Waals surface area contributed by atoms with Crippen LogP contribution in [0.25, 0.3) is 10.9 Å². The van der Waals surface area contributed by atoms with Crippen LogP contribution >= 0.6 is 0 Å². The molecule has 0 bridgehead atoms. The number of hydrogen-bond acceptors (Lipinski definition) is 6. The van der Waals surface area contributed by atoms with E-state index in [1.165, 1.54) is 6.07 Å². The summed E-state index contributed by atoms with van der Waals surface area (Å²) < 4.78 is 9.13. The van der Waals surface area contributed by atoms with Gasteiger partial charge in [-0.3, -0.25) is 9.59 Å². The molecule has 1 heterocycles. The van der Waals surface area contributed by atoms with Crippen molar-refractivity contribution in [1.82, 2.24) is 4.98 Å². The number of hydrogen-bond donors (Lipinski definition) is 1. The molecular formula is C20H25NO6. The third-order valence-corrected chi connectivity index (χ3v) is 3.17. The molecule has 1 N–H and O–H groups in total. The Morgan fingerprint density at radius 2 is 1.37 bits per heavy atom. The van der Waals surface area contributed by atoms with Gasteiger partial charge in [-0.1, -0.05) is 18.2 Å². The number of benzene rings is 1. The summed E-state index contributed by atoms with van der Waals surface area (Å²) in [6.07, 6.45) is -1.35. The number of pyridine rings is 1. The molecule has 0 unspecified atom stereocenters. The van der Waals surface area contributed by atoms with Gasteiger partial charge in [0.15, 0.2) is 0 Å². The molecule has 1 aromatic heterocycles. The summed E-state index contributed by atoms with van der Waals surface area (Å²) in [7, 11) is 0. The molecule has 146 valence electrons. The summed E-state index contributed by atoms with van der Waals surface area (Å²) in [6, 6.07) is 10.7. The monoisotopic (exact) mass is 375 g/mol. The van der Waals surface area contributed by atoms with Gasteiger partial charge in [0.1, 0.15) is 0 Å². The van der Waals surface area contributed by atoms with E-state index < -0.39 is 28.9 Å². The van der Waals surface area contributed by atoms with Gasteiger partial charge in [-0.2, -0.15) is 0 Å². The van der Waals surface area contributed by atoms with E-state index in [0.29, 0.717) is 5.52 Å². The average Bonchev–Trinajstić information content (AvgIpc) is 2.53. The van der Waals surface area contributed by atoms with E-state index in [-0.39, 0.29) is 5.88 Å². The normalized spacial score (nSPS) is 11.2. The number of fused-ring (bicyclic) bond motifs is 1. The highest BCUT2D eigenvalue weighted by molar-refractivity contribution is 5.90. The summed E-state index contributed by atoms with van der Waals surface area (Å²) in [6.45, 7) is 10.3. The molecule has 0 fully saturated rings. The number of esters is 2. The summed E-state index contributed by atoms with van der Waals surface area (Å²) >= 11 is 0. The van der Waals surface area contributed by atoms with Crippen molar-refractivity contribution in [2.75, 3.05) is 0 Å². The van der Waals surface area contributed by atoms with Gasteiger partial charge >= 0.3 is 18.1 Å². The largest absolute Gasteiger partial charge is 0.512 e. The first-order valence-electron chi connectivity index (χ1n) is 8.34. The van der Waals surface area contributed by atoms with Crippen LogP contribution in [0.5, 0.6) is 5.88 Å². The summed E-state index contributed by atoms with van der Waals surface area (Å²) in [5, 5.41) is 9.33. The Morgan fingerprint density at radius 3 is 1.85 bits per heavy atom. The lowest BCUT2D eigenvalue weighted by molar-refractivity contribution is -0.170. The second-order valence-corrected chi connectivity index (χ2v) is 7.89. The number of carbonyl (C=O) groups is 3. The van der Waals surface area contributed by atoms with Crippen LogP contribution in [0.2, 0.25) is 0 Å². The molecular weight excluding hydrogens is 350 g/mol. The van der Waals surface area contributed by atoms with Crippen molar-refractivity contribution in [3.8, 4) is 5.88 Å². The number of rotatable bonds is 1. The third kappa shape index (κ3) is 7.43. The summed E-state index contributed by atoms with van der Waals surface area (Å²) in [4.78, 5) is 36.8. The molecule has 7 heteroatoms. The maximum absolute atomic E-state index is 11.3. The smallest absolute Gasteiger partial charge is 0.449 e. The quantitative estimate of drug-likeness (QED) is 0.580. The molecule has 7 nitrogen and oxygen atoms in total. The Morgan fingerprint density at radius 1 is 0.852 bits per heavy atom. The van der Waals surface area contributed by atoms with Gasteiger partial charge in [0, 0.05) is 11.5 Å². The second-order valence-electron chi connectivity index (χ2n) is 7.89. The number of para-hydroxylation sites is 1. The van der Waals surface area contributed by atoms with E-state index in [1.54, 1.807) is 53.7 Å². The van der Waals surface area contributed by atoms with Gasteiger partial charge in [-0.05, 0) is 53.7 Å². The fraction of sp³-hybridized carbons (Fsp3) is 0.400. The zero-order valence-corrected chi connectivity index (χ0v) is 16.4. The van der Waals surface area contributed by atoms with Gasteiger partial charge in [-0.15, -0.1) is 0 Å². The molecule has 0 aliphatic rings. The van der Waals surface area contributed by atoms with Crippen LogP contribution in [-0.4, -0.2) is 28.2 Å². The number of nitrogens with zero attached hydrogens (tertiary/aromatic N) is 1. The zero-order chi connectivity index (χ0) is 20.8. The first kappa shape index (κ1) is 22.1. The molecule has 0 saturated carbocycles. The fourth-order valence-electron chi connectivity index (χ4n) is 1.58. The molecule has 0 spiro atoms. The van der Waals surface area contributed by atoms with Crippen LogP contribution in [0.4, 0.5) is 4.79 Å². The molecule has 2 rings (SSSR count). The van der Waals surface area contributed by atoms with Crippen molar-refractivity contribution in [2.24, 2.45) is 10.8 Å². The lowest BCUT2D eigenvalue weighted by Crippen LogP contribution is -2.31. The van der Waals surface area contributed by atoms with E-state index in [4.69, 9.17) is 9.84 Å². The molecule has 2 aromatic rings. The predicted octanol–water partition coefficient (Wildman–Crippen LogP) is 4.44. The van der Waals surface area contributed by atoms with E-state index in [0.717, 1.165) is 5.39 Å². The van der Waals surface area contributed by atoms with Crippen molar-refractivity contribution in [3.63, 3.8) is 0 Å². The SMILES string of the molecule is CC(C)(C)C(=O)OC(=O)C(C)(C)C.O=C(O)Oc1ccc2ccccc2n1. The highest BCUT2D eigenvalue weighted by atomic mass is 16.7. The highest BCUT2D eigenvalue weighted by Crippen LogP contribution is 2.20. The minimum atomic E-state index is -1.35. The first-order chi connectivity index (χ1) is 12.3. The van der Waals surface area contributed by atoms with Crippen molar-refractivity contribution >= 4 is 29.0 Å². The number of ether oxygens (including phenoxy) is 2. The molecule has 0 radical (unpaired) electrons. The molecule has 0 atom stereocenters. The Bertz CT molecular complexity index is 806. The Hall–Kier alpha value is -2.96. The zero-order valence-electron chi connectivity index (χ0n) is 16.4. The van der Waals surface area contributed by atoms with Crippen LogP contribution in [0.3, 0.4) is 0 Å². The summed E-state index contributed by atoms with van der Waals surface area (Å²) in [5.41, 5.74) is -0.534. The Balaban J connectivity index is 0.000000271. The average molecular weight is 375 g/mol. The van der Waals surface area contributed by atoms with E-state index in [9.17, 15) is 14.4 Å². The number of aromatic nitrogens is 1. The van der Waals surface area contributed by atoms with Crippen molar-refractivity contribution < 1.29 is 29.0 Å². The minimum Gasteiger partial charge on any atom is -0.449 e. The van der Waals surface area contributed by atoms with Crippen LogP contribution < -0.4 is 4.74 Å². The first-order valence-corrected chi connectivity index (χ1v) is 8.34. The molecule has 0 aliphatic heterocycles. The fourth-order valence-corrected chi connectivity index (χ4v) is 1.58. The van der Waals surface area contributed by atoms with Crippen LogP contribution in [0, 0.1) is 10.8 Å². The number of carboxylic acid groups (broad SMARTS) is 1. The Kier molecular flexibility index (Phi) is 7.05. The van der Waals surface area contributed by atoms with Crippen molar-refractivity contribution in [1.29, 1.82) is 0 Å². The predicted molar refractivity (Wildman–Crippen MR) is 100 cm³/mol. The lowest BCUT2D eigenvalue weighted by atomic mass is 9.95.